The van der Waals surface area contributed by atoms with Crippen LogP contribution in [0.25, 0.3) is 0 Å². The van der Waals surface area contributed by atoms with Gasteiger partial charge in [-0.2, -0.15) is 13.2 Å². The number of benzene rings is 1. The Morgan fingerprint density at radius 2 is 1.54 bits per heavy atom. The van der Waals surface area contributed by atoms with E-state index in [9.17, 15) is 31.1 Å². The summed E-state index contributed by atoms with van der Waals surface area (Å²) < 4.78 is 72.2. The number of halogens is 6. The number of alkyl halides is 6. The summed E-state index contributed by atoms with van der Waals surface area (Å²) >= 11 is 0. The molecule has 1 aromatic rings. The van der Waals surface area contributed by atoms with Gasteiger partial charge < -0.3 is 19.8 Å². The summed E-state index contributed by atoms with van der Waals surface area (Å²) in [6, 6.07) is 5.79. The van der Waals surface area contributed by atoms with Crippen molar-refractivity contribution in [3.05, 3.63) is 24.3 Å². The quantitative estimate of drug-likeness (QED) is 0.726. The van der Waals surface area contributed by atoms with Crippen LogP contribution in [0.2, 0.25) is 0 Å². The van der Waals surface area contributed by atoms with Gasteiger partial charge in [0.2, 0.25) is 0 Å². The van der Waals surface area contributed by atoms with Crippen molar-refractivity contribution in [2.75, 3.05) is 37.6 Å². The third-order valence-corrected chi connectivity index (χ3v) is 3.39. The van der Waals surface area contributed by atoms with Crippen LogP contribution < -0.4 is 9.64 Å². The molecule has 0 bridgehead atoms. The molecule has 158 valence electrons. The van der Waals surface area contributed by atoms with E-state index in [2.05, 4.69) is 4.74 Å². The molecule has 2 N–H and O–H groups in total. The molecule has 7 nitrogen and oxygen atoms in total. The van der Waals surface area contributed by atoms with E-state index in [1.54, 1.807) is 11.0 Å². The highest BCUT2D eigenvalue weighted by molar-refractivity contribution is 5.73. The maximum absolute atomic E-state index is 12.2. The van der Waals surface area contributed by atoms with Crippen molar-refractivity contribution in [3.63, 3.8) is 0 Å². The van der Waals surface area contributed by atoms with E-state index in [0.29, 0.717) is 31.9 Å². The zero-order valence-corrected chi connectivity index (χ0v) is 14.1. The fraction of sp³-hybridized carbons (Fsp3) is 0.467. The summed E-state index contributed by atoms with van der Waals surface area (Å²) in [6.45, 7) is 2.20. The van der Waals surface area contributed by atoms with Crippen molar-refractivity contribution in [3.8, 4) is 5.75 Å². The van der Waals surface area contributed by atoms with Crippen LogP contribution in [0.3, 0.4) is 0 Å². The predicted octanol–water partition coefficient (Wildman–Crippen LogP) is 2.43. The van der Waals surface area contributed by atoms with Gasteiger partial charge in [-0.05, 0) is 12.1 Å². The minimum Gasteiger partial charge on any atom is -0.480 e. The van der Waals surface area contributed by atoms with Crippen LogP contribution in [0.4, 0.5) is 32.0 Å². The third kappa shape index (κ3) is 8.79. The average molecular weight is 418 g/mol. The van der Waals surface area contributed by atoms with Crippen molar-refractivity contribution in [2.45, 2.75) is 12.5 Å². The Labute approximate surface area is 154 Å². The third-order valence-electron chi connectivity index (χ3n) is 3.39. The highest BCUT2D eigenvalue weighted by Crippen LogP contribution is 2.27. The molecule has 0 saturated carbocycles. The molecule has 1 heterocycles. The average Bonchev–Trinajstić information content (AvgIpc) is 2.53. The lowest BCUT2D eigenvalue weighted by Gasteiger charge is -2.35. The lowest BCUT2D eigenvalue weighted by Crippen LogP contribution is -2.48. The Morgan fingerprint density at radius 1 is 1.00 bits per heavy atom. The van der Waals surface area contributed by atoms with Crippen LogP contribution in [-0.4, -0.2) is 72.3 Å². The van der Waals surface area contributed by atoms with E-state index < -0.39 is 24.5 Å². The molecule has 0 atom stereocenters. The molecule has 1 aliphatic heterocycles. The molecule has 13 heteroatoms. The summed E-state index contributed by atoms with van der Waals surface area (Å²) in [5.74, 6) is -3.90. The zero-order chi connectivity index (χ0) is 21.5. The molecular formula is C15H16F6N2O5. The van der Waals surface area contributed by atoms with Gasteiger partial charge in [-0.3, -0.25) is 9.69 Å². The van der Waals surface area contributed by atoms with Crippen LogP contribution in [0, 0.1) is 0 Å². The van der Waals surface area contributed by atoms with Gasteiger partial charge in [0.25, 0.3) is 0 Å². The summed E-state index contributed by atoms with van der Waals surface area (Å²) in [5, 5.41) is 15.8. The Balaban J connectivity index is 0.000000480. The second kappa shape index (κ2) is 9.48. The molecule has 0 spiro atoms. The second-order valence-electron chi connectivity index (χ2n) is 5.51. The van der Waals surface area contributed by atoms with E-state index in [0.717, 1.165) is 0 Å². The van der Waals surface area contributed by atoms with Gasteiger partial charge in [-0.25, -0.2) is 4.79 Å². The first kappa shape index (κ1) is 23.3. The first-order valence-electron chi connectivity index (χ1n) is 7.63. The molecule has 28 heavy (non-hydrogen) atoms. The number of carbonyl (C=O) groups is 2. The van der Waals surface area contributed by atoms with Crippen LogP contribution in [0.1, 0.15) is 0 Å². The second-order valence-corrected chi connectivity index (χ2v) is 5.51. The Kier molecular flexibility index (Phi) is 7.90. The number of piperazine rings is 1. The molecule has 0 aromatic heterocycles. The SMILES string of the molecule is O=C(O)C(F)(F)F.O=C(O)CN1CCN(c2cccc(OC(F)(F)F)c2)CC1. The van der Waals surface area contributed by atoms with E-state index in [4.69, 9.17) is 15.0 Å². The normalized spacial score (nSPS) is 15.4. The monoisotopic (exact) mass is 418 g/mol. The van der Waals surface area contributed by atoms with E-state index >= 15 is 0 Å². The number of nitrogens with zero attached hydrogens (tertiary/aromatic N) is 2. The Bertz CT molecular complexity index is 672. The van der Waals surface area contributed by atoms with Crippen LogP contribution in [0.5, 0.6) is 5.75 Å². The maximum Gasteiger partial charge on any atom is 0.573 e. The van der Waals surface area contributed by atoms with E-state index in [1.165, 1.54) is 18.2 Å². The maximum atomic E-state index is 12.2. The minimum absolute atomic E-state index is 0.0228. The number of hydrogen-bond acceptors (Lipinski definition) is 5. The summed E-state index contributed by atoms with van der Waals surface area (Å²) in [7, 11) is 0. The smallest absolute Gasteiger partial charge is 0.480 e. The fourth-order valence-electron chi connectivity index (χ4n) is 2.23. The van der Waals surface area contributed by atoms with Gasteiger partial charge in [0.1, 0.15) is 5.75 Å². The largest absolute Gasteiger partial charge is 0.573 e. The molecule has 1 aliphatic rings. The first-order valence-corrected chi connectivity index (χ1v) is 7.63. The Morgan fingerprint density at radius 3 is 1.96 bits per heavy atom. The number of carboxylic acids is 2. The fourth-order valence-corrected chi connectivity index (χ4v) is 2.23. The number of carboxylic acid groups (broad SMARTS) is 2. The summed E-state index contributed by atoms with van der Waals surface area (Å²) in [6.07, 6.45) is -9.79. The molecule has 0 aliphatic carbocycles. The van der Waals surface area contributed by atoms with Crippen LogP contribution >= 0.6 is 0 Å². The number of anilines is 1. The number of hydrogen-bond donors (Lipinski definition) is 2. The van der Waals surface area contributed by atoms with Gasteiger partial charge in [0, 0.05) is 37.9 Å². The topological polar surface area (TPSA) is 90.3 Å². The summed E-state index contributed by atoms with van der Waals surface area (Å²) in [4.78, 5) is 23.2. The highest BCUT2D eigenvalue weighted by Gasteiger charge is 2.38. The van der Waals surface area contributed by atoms with Gasteiger partial charge >= 0.3 is 24.5 Å². The van der Waals surface area contributed by atoms with Gasteiger partial charge in [-0.1, -0.05) is 6.07 Å². The predicted molar refractivity (Wildman–Crippen MR) is 83.1 cm³/mol. The lowest BCUT2D eigenvalue weighted by atomic mass is 10.2. The molecule has 0 amide bonds. The van der Waals surface area contributed by atoms with Gasteiger partial charge in [-0.15, -0.1) is 13.2 Å². The lowest BCUT2D eigenvalue weighted by molar-refractivity contribution is -0.274. The molecular weight excluding hydrogens is 402 g/mol. The molecule has 0 unspecified atom stereocenters. The molecule has 0 radical (unpaired) electrons. The standard InChI is InChI=1S/C13H15F3N2O3.C2HF3O2/c14-13(15,16)21-11-3-1-2-10(8-11)18-6-4-17(5-7-18)9-12(19)20;3-2(4,5)1(6)7/h1-3,8H,4-7,9H2,(H,19,20);(H,6,7). The molecule has 2 rings (SSSR count). The molecule has 1 fully saturated rings. The number of rotatable bonds is 4. The molecule has 1 saturated heterocycles. The van der Waals surface area contributed by atoms with Crippen LogP contribution in [-0.2, 0) is 9.59 Å². The number of ether oxygens (including phenoxy) is 1. The minimum atomic E-state index is -5.08. The van der Waals surface area contributed by atoms with Crippen molar-refractivity contribution in [2.24, 2.45) is 0 Å². The van der Waals surface area contributed by atoms with Crippen molar-refractivity contribution < 1.29 is 50.9 Å². The zero-order valence-electron chi connectivity index (χ0n) is 14.1. The van der Waals surface area contributed by atoms with Crippen LogP contribution in [0.15, 0.2) is 24.3 Å². The van der Waals surface area contributed by atoms with Crippen molar-refractivity contribution in [1.29, 1.82) is 0 Å². The van der Waals surface area contributed by atoms with Gasteiger partial charge in [0.15, 0.2) is 0 Å². The van der Waals surface area contributed by atoms with Crippen molar-refractivity contribution in [1.82, 2.24) is 4.90 Å². The van der Waals surface area contributed by atoms with E-state index in [-0.39, 0.29) is 12.3 Å². The molecule has 1 aromatic carbocycles. The van der Waals surface area contributed by atoms with Crippen molar-refractivity contribution >= 4 is 17.6 Å². The highest BCUT2D eigenvalue weighted by atomic mass is 19.4. The Hall–Kier alpha value is -2.70. The summed E-state index contributed by atoms with van der Waals surface area (Å²) in [5.41, 5.74) is 0.631. The number of aliphatic carboxylic acids is 2. The van der Waals surface area contributed by atoms with E-state index in [1.807, 2.05) is 4.90 Å². The van der Waals surface area contributed by atoms with Gasteiger partial charge in [0.05, 0.1) is 6.54 Å². The first-order chi connectivity index (χ1) is 12.8.